The van der Waals surface area contributed by atoms with E-state index in [1.54, 1.807) is 16.7 Å². The van der Waals surface area contributed by atoms with Crippen LogP contribution in [0.15, 0.2) is 45.6 Å². The normalized spacial score (nSPS) is 16.0. The van der Waals surface area contributed by atoms with Gasteiger partial charge >= 0.3 is 5.97 Å². The van der Waals surface area contributed by atoms with Crippen molar-refractivity contribution in [3.63, 3.8) is 0 Å². The molecule has 4 rings (SSSR count). The maximum absolute atomic E-state index is 13.1. The second-order valence-electron chi connectivity index (χ2n) is 7.14. The van der Waals surface area contributed by atoms with Crippen LogP contribution >= 0.6 is 22.7 Å². The molecule has 1 saturated heterocycles. The van der Waals surface area contributed by atoms with Gasteiger partial charge in [0.2, 0.25) is 10.0 Å². The molecule has 0 amide bonds. The van der Waals surface area contributed by atoms with Crippen LogP contribution in [0.25, 0.3) is 0 Å². The maximum Gasteiger partial charge on any atom is 0.349 e. The lowest BCUT2D eigenvalue weighted by molar-refractivity contribution is 0.0602. The van der Waals surface area contributed by atoms with Gasteiger partial charge in [0, 0.05) is 37.9 Å². The Labute approximate surface area is 184 Å². The fraction of sp³-hybridized carbons (Fsp3) is 0.400. The summed E-state index contributed by atoms with van der Waals surface area (Å²) in [6.07, 6.45) is 6.17. The van der Waals surface area contributed by atoms with Gasteiger partial charge in [-0.25, -0.2) is 18.2 Å². The third kappa shape index (κ3) is 4.22. The lowest BCUT2D eigenvalue weighted by atomic mass is 9.97. The molecule has 1 aliphatic rings. The van der Waals surface area contributed by atoms with E-state index in [1.807, 2.05) is 12.4 Å². The van der Waals surface area contributed by atoms with Crippen molar-refractivity contribution >= 4 is 38.7 Å². The first-order valence-electron chi connectivity index (χ1n) is 9.68. The van der Waals surface area contributed by atoms with Crippen LogP contribution in [0, 0.1) is 0 Å². The topological polar surface area (TPSA) is 81.5 Å². The van der Waals surface area contributed by atoms with Gasteiger partial charge in [-0.05, 0) is 53.1 Å². The predicted molar refractivity (Wildman–Crippen MR) is 117 cm³/mol. The molecule has 0 aromatic carbocycles. The van der Waals surface area contributed by atoms with Crippen LogP contribution in [0.1, 0.15) is 39.8 Å². The van der Waals surface area contributed by atoms with E-state index in [-0.39, 0.29) is 15.7 Å². The number of piperidine rings is 1. The molecule has 0 unspecified atom stereocenters. The SMILES string of the molecule is COC(=O)c1sccc1S(=O)(=O)N1CCC(c2nccn2CCc2ccsc2)CC1. The van der Waals surface area contributed by atoms with Gasteiger partial charge in [-0.15, -0.1) is 11.3 Å². The van der Waals surface area contributed by atoms with E-state index in [4.69, 9.17) is 4.74 Å². The minimum absolute atomic E-state index is 0.0371. The van der Waals surface area contributed by atoms with Crippen molar-refractivity contribution in [2.45, 2.75) is 36.6 Å². The molecule has 0 N–H and O–H groups in total. The maximum atomic E-state index is 13.1. The smallest absolute Gasteiger partial charge is 0.349 e. The first-order valence-corrected chi connectivity index (χ1v) is 12.9. The van der Waals surface area contributed by atoms with Crippen LogP contribution in [0.2, 0.25) is 0 Å². The highest BCUT2D eigenvalue weighted by atomic mass is 32.2. The largest absolute Gasteiger partial charge is 0.465 e. The zero-order valence-corrected chi connectivity index (χ0v) is 19.0. The van der Waals surface area contributed by atoms with Crippen LogP contribution in [0.3, 0.4) is 0 Å². The third-order valence-electron chi connectivity index (χ3n) is 5.41. The van der Waals surface area contributed by atoms with Crippen LogP contribution in [-0.4, -0.2) is 48.4 Å². The summed E-state index contributed by atoms with van der Waals surface area (Å²) < 4.78 is 34.6. The number of thiophene rings is 2. The average Bonchev–Trinajstić information content (AvgIpc) is 3.53. The number of aryl methyl sites for hydroxylation is 2. The highest BCUT2D eigenvalue weighted by Gasteiger charge is 2.34. The van der Waals surface area contributed by atoms with E-state index in [0.717, 1.165) is 30.1 Å². The number of nitrogens with zero attached hydrogens (tertiary/aromatic N) is 3. The molecule has 1 fully saturated rings. The first kappa shape index (κ1) is 21.2. The van der Waals surface area contributed by atoms with Crippen molar-refractivity contribution in [3.8, 4) is 0 Å². The summed E-state index contributed by atoms with van der Waals surface area (Å²) in [7, 11) is -2.48. The van der Waals surface area contributed by atoms with Crippen molar-refractivity contribution in [1.82, 2.24) is 13.9 Å². The van der Waals surface area contributed by atoms with Crippen molar-refractivity contribution in [1.29, 1.82) is 0 Å². The van der Waals surface area contributed by atoms with Gasteiger partial charge in [0.25, 0.3) is 0 Å². The van der Waals surface area contributed by atoms with Gasteiger partial charge in [0.1, 0.15) is 15.6 Å². The highest BCUT2D eigenvalue weighted by Crippen LogP contribution is 2.32. The highest BCUT2D eigenvalue weighted by molar-refractivity contribution is 7.89. The zero-order valence-electron chi connectivity index (χ0n) is 16.6. The Bertz CT molecular complexity index is 1090. The Kier molecular flexibility index (Phi) is 6.37. The number of rotatable bonds is 7. The number of hydrogen-bond acceptors (Lipinski definition) is 7. The van der Waals surface area contributed by atoms with Gasteiger partial charge in [0.15, 0.2) is 0 Å². The minimum Gasteiger partial charge on any atom is -0.465 e. The predicted octanol–water partition coefficient (Wildman–Crippen LogP) is 3.60. The number of sulfonamides is 1. The number of hydrogen-bond donors (Lipinski definition) is 0. The molecule has 10 heteroatoms. The number of aromatic nitrogens is 2. The van der Waals surface area contributed by atoms with Crippen molar-refractivity contribution in [3.05, 3.63) is 56.9 Å². The number of ether oxygens (including phenoxy) is 1. The fourth-order valence-electron chi connectivity index (χ4n) is 3.79. The summed E-state index contributed by atoms with van der Waals surface area (Å²) in [4.78, 5) is 16.6. The number of methoxy groups -OCH3 is 1. The van der Waals surface area contributed by atoms with Gasteiger partial charge in [0.05, 0.1) is 7.11 Å². The number of imidazole rings is 1. The summed E-state index contributed by atoms with van der Waals surface area (Å²) in [6.45, 7) is 1.67. The molecule has 3 aromatic heterocycles. The van der Waals surface area contributed by atoms with Crippen LogP contribution < -0.4 is 0 Å². The van der Waals surface area contributed by atoms with E-state index in [1.165, 1.54) is 23.0 Å². The molecule has 0 atom stereocenters. The second-order valence-corrected chi connectivity index (χ2v) is 10.7. The van der Waals surface area contributed by atoms with Crippen LogP contribution in [-0.2, 0) is 27.7 Å². The first-order chi connectivity index (χ1) is 14.5. The molecule has 0 saturated carbocycles. The molecular formula is C20H23N3O4S3. The lowest BCUT2D eigenvalue weighted by Gasteiger charge is -2.31. The molecule has 0 spiro atoms. The van der Waals surface area contributed by atoms with E-state index >= 15 is 0 Å². The minimum atomic E-state index is -3.73. The Morgan fingerprint density at radius 3 is 2.77 bits per heavy atom. The monoisotopic (exact) mass is 465 g/mol. The Morgan fingerprint density at radius 2 is 2.07 bits per heavy atom. The molecule has 3 aromatic rings. The van der Waals surface area contributed by atoms with Gasteiger partial charge < -0.3 is 9.30 Å². The van der Waals surface area contributed by atoms with Crippen molar-refractivity contribution < 1.29 is 17.9 Å². The quantitative estimate of drug-likeness (QED) is 0.498. The summed E-state index contributed by atoms with van der Waals surface area (Å²) >= 11 is 2.78. The molecular weight excluding hydrogens is 442 g/mol. The second kappa shape index (κ2) is 9.01. The molecule has 4 heterocycles. The molecule has 0 bridgehead atoms. The molecule has 1 aliphatic heterocycles. The van der Waals surface area contributed by atoms with Gasteiger partial charge in [-0.3, -0.25) is 0 Å². The number of carbonyl (C=O) groups excluding carboxylic acids is 1. The summed E-state index contributed by atoms with van der Waals surface area (Å²) in [5, 5.41) is 5.85. The Morgan fingerprint density at radius 1 is 1.27 bits per heavy atom. The summed E-state index contributed by atoms with van der Waals surface area (Å²) in [5.41, 5.74) is 1.32. The number of esters is 1. The van der Waals surface area contributed by atoms with Crippen molar-refractivity contribution in [2.75, 3.05) is 20.2 Å². The number of carbonyl (C=O) groups is 1. The summed E-state index contributed by atoms with van der Waals surface area (Å²) in [5.74, 6) is 0.621. The zero-order chi connectivity index (χ0) is 21.1. The standard InChI is InChI=1S/C20H23N3O4S3/c1-27-20(24)18-17(6-13-29-18)30(25,26)23-9-3-16(4-10-23)19-21-7-11-22(19)8-2-15-5-12-28-14-15/h5-7,11-14,16H,2-4,8-10H2,1H3. The molecule has 0 radical (unpaired) electrons. The molecule has 7 nitrogen and oxygen atoms in total. The van der Waals surface area contributed by atoms with Gasteiger partial charge in [-0.2, -0.15) is 15.6 Å². The van der Waals surface area contributed by atoms with Crippen LogP contribution in [0.5, 0.6) is 0 Å². The van der Waals surface area contributed by atoms with E-state index in [0.29, 0.717) is 25.9 Å². The Balaban J connectivity index is 1.43. The fourth-order valence-corrected chi connectivity index (χ4v) is 7.27. The third-order valence-corrected chi connectivity index (χ3v) is 9.10. The van der Waals surface area contributed by atoms with E-state index < -0.39 is 16.0 Å². The average molecular weight is 466 g/mol. The molecule has 0 aliphatic carbocycles. The van der Waals surface area contributed by atoms with E-state index in [9.17, 15) is 13.2 Å². The van der Waals surface area contributed by atoms with Crippen molar-refractivity contribution in [2.24, 2.45) is 0 Å². The lowest BCUT2D eigenvalue weighted by Crippen LogP contribution is -2.38. The van der Waals surface area contributed by atoms with E-state index in [2.05, 4.69) is 26.4 Å². The van der Waals surface area contributed by atoms with Crippen LogP contribution in [0.4, 0.5) is 0 Å². The summed E-state index contributed by atoms with van der Waals surface area (Å²) in [6, 6.07) is 3.62. The molecule has 30 heavy (non-hydrogen) atoms. The van der Waals surface area contributed by atoms with Gasteiger partial charge in [-0.1, -0.05) is 0 Å². The Hall–Kier alpha value is -2.01. The molecule has 160 valence electrons.